The summed E-state index contributed by atoms with van der Waals surface area (Å²) in [6.45, 7) is 3.74. The Morgan fingerprint density at radius 2 is 1.88 bits per heavy atom. The minimum absolute atomic E-state index is 0.0486. The minimum Gasteiger partial charge on any atom is -0.366 e. The molecule has 4 amide bonds. The van der Waals surface area contributed by atoms with Gasteiger partial charge in [0.1, 0.15) is 5.82 Å². The van der Waals surface area contributed by atoms with Crippen LogP contribution in [0.4, 0.5) is 14.9 Å². The molecule has 1 aromatic carbocycles. The van der Waals surface area contributed by atoms with Crippen LogP contribution in [0.3, 0.4) is 0 Å². The molecule has 2 aliphatic heterocycles. The van der Waals surface area contributed by atoms with Crippen LogP contribution in [-0.2, 0) is 9.59 Å². The van der Waals surface area contributed by atoms with Crippen LogP contribution < -0.4 is 15.5 Å². The number of imide groups is 1. The highest BCUT2D eigenvalue weighted by molar-refractivity contribution is 6.00. The van der Waals surface area contributed by atoms with Gasteiger partial charge in [0.15, 0.2) is 0 Å². The van der Waals surface area contributed by atoms with Gasteiger partial charge in [-0.3, -0.25) is 14.9 Å². The largest absolute Gasteiger partial charge is 0.366 e. The summed E-state index contributed by atoms with van der Waals surface area (Å²) in [5.41, 5.74) is 0.539. The summed E-state index contributed by atoms with van der Waals surface area (Å²) >= 11 is 0. The van der Waals surface area contributed by atoms with Gasteiger partial charge in [-0.1, -0.05) is 12.1 Å². The van der Waals surface area contributed by atoms with Crippen molar-refractivity contribution >= 4 is 23.5 Å². The molecule has 2 aliphatic rings. The Morgan fingerprint density at radius 3 is 2.52 bits per heavy atom. The average molecular weight is 348 g/mol. The number of carbonyl (C=O) groups excluding carboxylic acids is 3. The van der Waals surface area contributed by atoms with Crippen LogP contribution in [0.15, 0.2) is 24.3 Å². The zero-order valence-electron chi connectivity index (χ0n) is 14.0. The van der Waals surface area contributed by atoms with Crippen LogP contribution in [0, 0.1) is 11.7 Å². The van der Waals surface area contributed by atoms with Crippen molar-refractivity contribution in [3.8, 4) is 0 Å². The smallest absolute Gasteiger partial charge is 0.321 e. The van der Waals surface area contributed by atoms with Gasteiger partial charge in [0.2, 0.25) is 11.8 Å². The van der Waals surface area contributed by atoms with Crippen LogP contribution in [-0.4, -0.2) is 55.0 Å². The molecule has 0 aliphatic carbocycles. The second-order valence-corrected chi connectivity index (χ2v) is 6.38. The number of urea groups is 1. The third kappa shape index (κ3) is 3.72. The molecule has 0 radical (unpaired) electrons. The van der Waals surface area contributed by atoms with Gasteiger partial charge >= 0.3 is 6.03 Å². The number of nitrogens with one attached hydrogen (secondary N) is 2. The number of hydrogen-bond acceptors (Lipinski definition) is 4. The highest BCUT2D eigenvalue weighted by Crippen LogP contribution is 2.21. The van der Waals surface area contributed by atoms with E-state index in [4.69, 9.17) is 0 Å². The summed E-state index contributed by atoms with van der Waals surface area (Å²) in [5.74, 6) is -1.40. The summed E-state index contributed by atoms with van der Waals surface area (Å²) in [6.07, 6.45) is 0.0486. The Kier molecular flexibility index (Phi) is 4.87. The third-order valence-corrected chi connectivity index (χ3v) is 4.76. The zero-order chi connectivity index (χ0) is 18.0. The van der Waals surface area contributed by atoms with Crippen LogP contribution in [0.1, 0.15) is 13.3 Å². The Hall–Kier alpha value is -2.64. The number of hydrogen-bond donors (Lipinski definition) is 2. The summed E-state index contributed by atoms with van der Waals surface area (Å²) < 4.78 is 13.9. The lowest BCUT2D eigenvalue weighted by Crippen LogP contribution is -2.58. The molecular formula is C17H21FN4O3. The van der Waals surface area contributed by atoms with Crippen molar-refractivity contribution in [2.45, 2.75) is 19.4 Å². The second kappa shape index (κ2) is 7.08. The number of halogens is 1. The molecule has 2 fully saturated rings. The quantitative estimate of drug-likeness (QED) is 0.843. The van der Waals surface area contributed by atoms with E-state index in [9.17, 15) is 18.8 Å². The standard InChI is InChI=1S/C17H21FN4O3/c1-11-12(16(24)20-17(25)19-11)10-15(23)22-8-6-21(7-9-22)14-5-3-2-4-13(14)18/h2-5,11-12H,6-10H2,1H3,(H2,19,20,24,25). The predicted molar refractivity (Wildman–Crippen MR) is 89.4 cm³/mol. The lowest BCUT2D eigenvalue weighted by atomic mass is 9.94. The number of nitrogens with zero attached hydrogens (tertiary/aromatic N) is 2. The Labute approximate surface area is 145 Å². The fourth-order valence-electron chi connectivity index (χ4n) is 3.27. The molecular weight excluding hydrogens is 327 g/mol. The molecule has 1 aromatic rings. The molecule has 0 saturated carbocycles. The van der Waals surface area contributed by atoms with E-state index in [0.29, 0.717) is 31.9 Å². The van der Waals surface area contributed by atoms with Crippen LogP contribution >= 0.6 is 0 Å². The number of benzene rings is 1. The molecule has 0 aromatic heterocycles. The van der Waals surface area contributed by atoms with E-state index >= 15 is 0 Å². The molecule has 25 heavy (non-hydrogen) atoms. The Bertz CT molecular complexity index is 688. The molecule has 2 saturated heterocycles. The summed E-state index contributed by atoms with van der Waals surface area (Å²) in [6, 6.07) is 5.67. The molecule has 2 heterocycles. The van der Waals surface area contributed by atoms with Crippen molar-refractivity contribution < 1.29 is 18.8 Å². The van der Waals surface area contributed by atoms with Crippen molar-refractivity contribution in [3.05, 3.63) is 30.1 Å². The maximum Gasteiger partial charge on any atom is 0.321 e. The van der Waals surface area contributed by atoms with Gasteiger partial charge in [-0.05, 0) is 19.1 Å². The number of amides is 4. The maximum atomic E-state index is 13.9. The van der Waals surface area contributed by atoms with Crippen molar-refractivity contribution in [1.29, 1.82) is 0 Å². The summed E-state index contributed by atoms with van der Waals surface area (Å²) in [4.78, 5) is 39.2. The second-order valence-electron chi connectivity index (χ2n) is 6.38. The van der Waals surface area contributed by atoms with Crippen LogP contribution in [0.2, 0.25) is 0 Å². The zero-order valence-corrected chi connectivity index (χ0v) is 14.0. The van der Waals surface area contributed by atoms with Gasteiger partial charge in [-0.25, -0.2) is 9.18 Å². The maximum absolute atomic E-state index is 13.9. The monoisotopic (exact) mass is 348 g/mol. The number of anilines is 1. The number of rotatable bonds is 3. The highest BCUT2D eigenvalue weighted by Gasteiger charge is 2.35. The molecule has 134 valence electrons. The highest BCUT2D eigenvalue weighted by atomic mass is 19.1. The molecule has 7 nitrogen and oxygen atoms in total. The first-order chi connectivity index (χ1) is 12.0. The first-order valence-electron chi connectivity index (χ1n) is 8.34. The number of piperazine rings is 1. The predicted octanol–water partition coefficient (Wildman–Crippen LogP) is 0.709. The lowest BCUT2D eigenvalue weighted by molar-refractivity contribution is -0.137. The van der Waals surface area contributed by atoms with E-state index in [-0.39, 0.29) is 24.2 Å². The van der Waals surface area contributed by atoms with E-state index in [0.717, 1.165) is 0 Å². The van der Waals surface area contributed by atoms with E-state index < -0.39 is 17.9 Å². The lowest BCUT2D eigenvalue weighted by Gasteiger charge is -2.37. The fraction of sp³-hybridized carbons (Fsp3) is 0.471. The van der Waals surface area contributed by atoms with Gasteiger partial charge < -0.3 is 15.1 Å². The number of carbonyl (C=O) groups is 3. The summed E-state index contributed by atoms with van der Waals surface area (Å²) in [7, 11) is 0. The Balaban J connectivity index is 1.56. The van der Waals surface area contributed by atoms with Gasteiger partial charge in [-0.15, -0.1) is 0 Å². The molecule has 2 N–H and O–H groups in total. The van der Waals surface area contributed by atoms with Gasteiger partial charge in [0, 0.05) is 38.6 Å². The summed E-state index contributed by atoms with van der Waals surface area (Å²) in [5, 5.41) is 4.80. The molecule has 8 heteroatoms. The van der Waals surface area contributed by atoms with Crippen molar-refractivity contribution in [3.63, 3.8) is 0 Å². The van der Waals surface area contributed by atoms with E-state index in [1.54, 1.807) is 30.0 Å². The van der Waals surface area contributed by atoms with E-state index in [1.807, 2.05) is 4.90 Å². The topological polar surface area (TPSA) is 81.8 Å². The average Bonchev–Trinajstić information content (AvgIpc) is 2.58. The first kappa shape index (κ1) is 17.2. The Morgan fingerprint density at radius 1 is 1.20 bits per heavy atom. The van der Waals surface area contributed by atoms with Gasteiger partial charge in [-0.2, -0.15) is 0 Å². The third-order valence-electron chi connectivity index (χ3n) is 4.76. The molecule has 0 bridgehead atoms. The van der Waals surface area contributed by atoms with E-state index in [2.05, 4.69) is 10.6 Å². The van der Waals surface area contributed by atoms with Crippen molar-refractivity contribution in [2.24, 2.45) is 5.92 Å². The van der Waals surface area contributed by atoms with Gasteiger partial charge in [0.05, 0.1) is 11.6 Å². The van der Waals surface area contributed by atoms with E-state index in [1.165, 1.54) is 6.07 Å². The van der Waals surface area contributed by atoms with Crippen LogP contribution in [0.5, 0.6) is 0 Å². The SMILES string of the molecule is CC1NC(=O)NC(=O)C1CC(=O)N1CCN(c2ccccc2F)CC1. The van der Waals surface area contributed by atoms with Gasteiger partial charge in [0.25, 0.3) is 0 Å². The van der Waals surface area contributed by atoms with Crippen LogP contribution in [0.25, 0.3) is 0 Å². The molecule has 2 unspecified atom stereocenters. The fourth-order valence-corrected chi connectivity index (χ4v) is 3.27. The van der Waals surface area contributed by atoms with Crippen molar-refractivity contribution in [2.75, 3.05) is 31.1 Å². The first-order valence-corrected chi connectivity index (χ1v) is 8.34. The number of para-hydroxylation sites is 1. The molecule has 2 atom stereocenters. The molecule has 3 rings (SSSR count). The minimum atomic E-state index is -0.574. The normalized spacial score (nSPS) is 23.9. The van der Waals surface area contributed by atoms with Crippen molar-refractivity contribution in [1.82, 2.24) is 15.5 Å². The molecule has 0 spiro atoms.